The van der Waals surface area contributed by atoms with Crippen LogP contribution in [0.1, 0.15) is 5.56 Å². The van der Waals surface area contributed by atoms with Crippen LogP contribution >= 0.6 is 15.9 Å². The smallest absolute Gasteiger partial charge is 0.201 e. The number of nitrogens with one attached hydrogen (secondary N) is 1. The first-order valence-corrected chi connectivity index (χ1v) is 5.12. The lowest BCUT2D eigenvalue weighted by molar-refractivity contribution is 0.491. The van der Waals surface area contributed by atoms with Gasteiger partial charge >= 0.3 is 0 Å². The molecule has 0 fully saturated rings. The molecule has 0 aliphatic carbocycles. The quantitative estimate of drug-likeness (QED) is 0.852. The van der Waals surface area contributed by atoms with Gasteiger partial charge in [0.05, 0.1) is 6.26 Å². The van der Waals surface area contributed by atoms with E-state index in [9.17, 15) is 8.78 Å². The van der Waals surface area contributed by atoms with Gasteiger partial charge in [-0.05, 0) is 29.0 Å². The number of benzene rings is 1. The molecule has 5 heteroatoms. The third-order valence-electron chi connectivity index (χ3n) is 2.14. The molecule has 0 saturated heterocycles. The van der Waals surface area contributed by atoms with Crippen LogP contribution in [-0.4, -0.2) is 7.05 Å². The first kappa shape index (κ1) is 10.6. The average molecular weight is 276 g/mol. The van der Waals surface area contributed by atoms with Crippen molar-refractivity contribution in [2.75, 3.05) is 7.05 Å². The number of hydrogen-bond acceptors (Lipinski definition) is 2. The summed E-state index contributed by atoms with van der Waals surface area (Å²) in [7, 11) is 1.77. The van der Waals surface area contributed by atoms with E-state index in [1.54, 1.807) is 7.05 Å². The molecule has 1 N–H and O–H groups in total. The van der Waals surface area contributed by atoms with Gasteiger partial charge in [-0.3, -0.25) is 0 Å². The third-order valence-corrected chi connectivity index (χ3v) is 2.76. The summed E-state index contributed by atoms with van der Waals surface area (Å²) in [5, 5.41) is 3.50. The average Bonchev–Trinajstić information content (AvgIpc) is 2.59. The monoisotopic (exact) mass is 275 g/mol. The van der Waals surface area contributed by atoms with Crippen LogP contribution in [0.2, 0.25) is 0 Å². The molecule has 0 atom stereocenters. The minimum atomic E-state index is -0.949. The molecular weight excluding hydrogens is 268 g/mol. The summed E-state index contributed by atoms with van der Waals surface area (Å²) in [5.41, 5.74) is 0.741. The summed E-state index contributed by atoms with van der Waals surface area (Å²) in [5.74, 6) is -1.87. The Morgan fingerprint density at radius 3 is 2.87 bits per heavy atom. The number of hydrogen-bond donors (Lipinski definition) is 1. The fourth-order valence-electron chi connectivity index (χ4n) is 1.49. The second-order valence-electron chi connectivity index (χ2n) is 3.15. The molecule has 0 aliphatic rings. The van der Waals surface area contributed by atoms with E-state index < -0.39 is 11.6 Å². The molecule has 0 aliphatic heterocycles. The van der Waals surface area contributed by atoms with Gasteiger partial charge in [0.25, 0.3) is 0 Å². The molecule has 0 bridgehead atoms. The van der Waals surface area contributed by atoms with Gasteiger partial charge < -0.3 is 9.73 Å². The van der Waals surface area contributed by atoms with Crippen LogP contribution in [0.3, 0.4) is 0 Å². The van der Waals surface area contributed by atoms with Gasteiger partial charge in [0.1, 0.15) is 0 Å². The maximum Gasteiger partial charge on any atom is 0.201 e. The molecule has 0 spiro atoms. The first-order chi connectivity index (χ1) is 7.15. The molecule has 1 heterocycles. The maximum atomic E-state index is 13.3. The van der Waals surface area contributed by atoms with E-state index in [0.29, 0.717) is 16.4 Å². The lowest BCUT2D eigenvalue weighted by Gasteiger charge is -2.00. The molecule has 0 saturated carbocycles. The van der Waals surface area contributed by atoms with Crippen molar-refractivity contribution in [1.29, 1.82) is 0 Å². The van der Waals surface area contributed by atoms with E-state index >= 15 is 0 Å². The van der Waals surface area contributed by atoms with Crippen molar-refractivity contribution in [2.45, 2.75) is 6.54 Å². The van der Waals surface area contributed by atoms with Crippen LogP contribution in [0.25, 0.3) is 11.0 Å². The van der Waals surface area contributed by atoms with Crippen molar-refractivity contribution in [3.05, 3.63) is 34.0 Å². The Morgan fingerprint density at radius 2 is 2.20 bits per heavy atom. The molecule has 0 radical (unpaired) electrons. The number of rotatable bonds is 2. The van der Waals surface area contributed by atoms with Gasteiger partial charge in [-0.25, -0.2) is 4.39 Å². The maximum absolute atomic E-state index is 13.3. The van der Waals surface area contributed by atoms with E-state index in [1.165, 1.54) is 6.26 Å². The van der Waals surface area contributed by atoms with Gasteiger partial charge in [0.15, 0.2) is 11.4 Å². The van der Waals surface area contributed by atoms with Gasteiger partial charge in [-0.1, -0.05) is 0 Å². The van der Waals surface area contributed by atoms with Crippen molar-refractivity contribution in [3.63, 3.8) is 0 Å². The molecule has 2 aromatic rings. The fraction of sp³-hybridized carbons (Fsp3) is 0.200. The van der Waals surface area contributed by atoms with Crippen LogP contribution in [0.5, 0.6) is 0 Å². The molecule has 2 nitrogen and oxygen atoms in total. The molecule has 80 valence electrons. The van der Waals surface area contributed by atoms with E-state index in [-0.39, 0.29) is 5.58 Å². The summed E-state index contributed by atoms with van der Waals surface area (Å²) in [6.45, 7) is 0.538. The summed E-state index contributed by atoms with van der Waals surface area (Å²) in [6.07, 6.45) is 1.43. The van der Waals surface area contributed by atoms with E-state index in [0.717, 1.165) is 11.6 Å². The molecular formula is C10H8BrF2NO. The molecule has 0 unspecified atom stereocenters. The highest BCUT2D eigenvalue weighted by Crippen LogP contribution is 2.32. The minimum Gasteiger partial charge on any atom is -0.461 e. The second kappa shape index (κ2) is 3.90. The lowest BCUT2D eigenvalue weighted by Crippen LogP contribution is -2.04. The topological polar surface area (TPSA) is 25.2 Å². The lowest BCUT2D eigenvalue weighted by atomic mass is 10.1. The van der Waals surface area contributed by atoms with Crippen molar-refractivity contribution in [1.82, 2.24) is 5.32 Å². The van der Waals surface area contributed by atoms with Gasteiger partial charge in [-0.15, -0.1) is 0 Å². The summed E-state index contributed by atoms with van der Waals surface area (Å²) >= 11 is 3.19. The van der Waals surface area contributed by atoms with Crippen molar-refractivity contribution >= 4 is 26.9 Å². The van der Waals surface area contributed by atoms with Crippen molar-refractivity contribution in [2.24, 2.45) is 0 Å². The molecule has 15 heavy (non-hydrogen) atoms. The molecule has 2 rings (SSSR count). The SMILES string of the molecule is CNCc1coc2c(F)c(F)cc(Br)c12. The number of furan rings is 1. The number of halogens is 3. The Balaban J connectivity index is 2.75. The second-order valence-corrected chi connectivity index (χ2v) is 4.00. The standard InChI is InChI=1S/C10H8BrF2NO/c1-14-3-5-4-15-10-8(5)6(11)2-7(12)9(10)13/h2,4,14H,3H2,1H3. The van der Waals surface area contributed by atoms with Crippen LogP contribution in [-0.2, 0) is 6.54 Å². The zero-order valence-electron chi connectivity index (χ0n) is 7.90. The Kier molecular flexibility index (Phi) is 2.75. The first-order valence-electron chi connectivity index (χ1n) is 4.33. The summed E-state index contributed by atoms with van der Waals surface area (Å²) in [4.78, 5) is 0. The van der Waals surface area contributed by atoms with Gasteiger partial charge in [-0.2, -0.15) is 4.39 Å². The van der Waals surface area contributed by atoms with Gasteiger partial charge in [0, 0.05) is 22.0 Å². The fourth-order valence-corrected chi connectivity index (χ4v) is 2.13. The Hall–Kier alpha value is -0.940. The summed E-state index contributed by atoms with van der Waals surface area (Å²) < 4.78 is 31.9. The highest BCUT2D eigenvalue weighted by molar-refractivity contribution is 9.10. The summed E-state index contributed by atoms with van der Waals surface area (Å²) in [6, 6.07) is 1.10. The Labute approximate surface area is 93.4 Å². The Morgan fingerprint density at radius 1 is 1.47 bits per heavy atom. The zero-order chi connectivity index (χ0) is 11.0. The van der Waals surface area contributed by atoms with Crippen molar-refractivity contribution in [3.8, 4) is 0 Å². The van der Waals surface area contributed by atoms with E-state index in [4.69, 9.17) is 4.42 Å². The van der Waals surface area contributed by atoms with Crippen LogP contribution < -0.4 is 5.32 Å². The number of fused-ring (bicyclic) bond motifs is 1. The normalized spacial score (nSPS) is 11.2. The predicted octanol–water partition coefficient (Wildman–Crippen LogP) is 3.19. The zero-order valence-corrected chi connectivity index (χ0v) is 9.49. The Bertz CT molecular complexity index is 510. The van der Waals surface area contributed by atoms with Crippen LogP contribution in [0.4, 0.5) is 8.78 Å². The largest absolute Gasteiger partial charge is 0.461 e. The predicted molar refractivity (Wildman–Crippen MR) is 56.6 cm³/mol. The van der Waals surface area contributed by atoms with Crippen LogP contribution in [0, 0.1) is 11.6 Å². The van der Waals surface area contributed by atoms with Crippen LogP contribution in [0.15, 0.2) is 21.2 Å². The van der Waals surface area contributed by atoms with E-state index in [2.05, 4.69) is 21.2 Å². The third kappa shape index (κ3) is 1.66. The minimum absolute atomic E-state index is 0.0490. The molecule has 0 amide bonds. The van der Waals surface area contributed by atoms with E-state index in [1.807, 2.05) is 0 Å². The highest BCUT2D eigenvalue weighted by atomic mass is 79.9. The highest BCUT2D eigenvalue weighted by Gasteiger charge is 2.17. The molecule has 1 aromatic heterocycles. The molecule has 1 aromatic carbocycles. The van der Waals surface area contributed by atoms with Gasteiger partial charge in [0.2, 0.25) is 5.82 Å². The van der Waals surface area contributed by atoms with Crippen molar-refractivity contribution < 1.29 is 13.2 Å².